The second kappa shape index (κ2) is 7.98. The van der Waals surface area contributed by atoms with Gasteiger partial charge in [-0.25, -0.2) is 13.1 Å². The van der Waals surface area contributed by atoms with Gasteiger partial charge in [0.15, 0.2) is 0 Å². The van der Waals surface area contributed by atoms with E-state index in [-0.39, 0.29) is 5.75 Å². The van der Waals surface area contributed by atoms with Crippen LogP contribution in [0.1, 0.15) is 57.6 Å². The van der Waals surface area contributed by atoms with E-state index in [9.17, 15) is 13.5 Å². The minimum Gasteiger partial charge on any atom is -0.385 e. The molecule has 24 heavy (non-hydrogen) atoms. The third-order valence-electron chi connectivity index (χ3n) is 5.41. The van der Waals surface area contributed by atoms with E-state index in [0.29, 0.717) is 18.9 Å². The van der Waals surface area contributed by atoms with Crippen LogP contribution in [0.4, 0.5) is 0 Å². The molecule has 0 saturated heterocycles. The van der Waals surface area contributed by atoms with Crippen LogP contribution in [0, 0.1) is 11.8 Å². The molecule has 4 nitrogen and oxygen atoms in total. The average molecular weight is 354 g/mol. The van der Waals surface area contributed by atoms with Gasteiger partial charge in [-0.15, -0.1) is 0 Å². The zero-order valence-electron chi connectivity index (χ0n) is 15.1. The molecular weight excluding hydrogens is 322 g/mol. The number of hydrogen-bond donors (Lipinski definition) is 2. The molecule has 5 heteroatoms. The van der Waals surface area contributed by atoms with E-state index in [4.69, 9.17) is 0 Å². The van der Waals surface area contributed by atoms with Crippen molar-refractivity contribution in [2.75, 3.05) is 12.3 Å². The van der Waals surface area contributed by atoms with Gasteiger partial charge in [0, 0.05) is 6.54 Å². The maximum Gasteiger partial charge on any atom is 0.211 e. The fraction of sp³-hybridized carbons (Fsp3) is 0.684. The highest BCUT2D eigenvalue weighted by atomic mass is 32.2. The van der Waals surface area contributed by atoms with Crippen molar-refractivity contribution in [3.8, 4) is 0 Å². The monoisotopic (exact) mass is 353 g/mol. The number of benzene rings is 1. The molecule has 1 aromatic rings. The molecule has 1 aliphatic rings. The van der Waals surface area contributed by atoms with Crippen molar-refractivity contribution in [3.63, 3.8) is 0 Å². The molecule has 0 unspecified atom stereocenters. The van der Waals surface area contributed by atoms with Crippen LogP contribution in [0.5, 0.6) is 0 Å². The molecule has 0 heterocycles. The van der Waals surface area contributed by atoms with Gasteiger partial charge in [0.25, 0.3) is 0 Å². The molecule has 0 aliphatic heterocycles. The van der Waals surface area contributed by atoms with Crippen molar-refractivity contribution >= 4 is 10.0 Å². The molecule has 0 atom stereocenters. The Kier molecular flexibility index (Phi) is 6.46. The number of sulfonamides is 1. The largest absolute Gasteiger partial charge is 0.385 e. The summed E-state index contributed by atoms with van der Waals surface area (Å²) in [5, 5.41) is 11.0. The predicted octanol–water partition coefficient (Wildman–Crippen LogP) is 3.20. The number of aliphatic hydroxyl groups is 1. The molecule has 2 rings (SSSR count). The van der Waals surface area contributed by atoms with Crippen molar-refractivity contribution in [2.45, 2.75) is 58.5 Å². The summed E-state index contributed by atoms with van der Waals surface area (Å²) in [6.45, 7) is 6.56. The van der Waals surface area contributed by atoms with Gasteiger partial charge in [-0.1, -0.05) is 38.1 Å². The van der Waals surface area contributed by atoms with Gasteiger partial charge in [-0.3, -0.25) is 0 Å². The summed E-state index contributed by atoms with van der Waals surface area (Å²) in [6, 6.07) is 8.00. The van der Waals surface area contributed by atoms with Gasteiger partial charge in [-0.2, -0.15) is 0 Å². The summed E-state index contributed by atoms with van der Waals surface area (Å²) in [7, 11) is -3.13. The van der Waals surface area contributed by atoms with E-state index in [1.54, 1.807) is 6.92 Å². The van der Waals surface area contributed by atoms with E-state index in [0.717, 1.165) is 42.7 Å². The third-order valence-corrected chi connectivity index (χ3v) is 6.81. The lowest BCUT2D eigenvalue weighted by molar-refractivity contribution is -0.0199. The lowest BCUT2D eigenvalue weighted by atomic mass is 9.72. The van der Waals surface area contributed by atoms with Crippen LogP contribution < -0.4 is 4.72 Å². The molecule has 0 bridgehead atoms. The fourth-order valence-electron chi connectivity index (χ4n) is 3.51. The standard InChI is InChI=1S/C19H31NO3S/c1-4-24(22,23)20-14-11-16-5-7-18(8-6-16)19(21)12-9-17(10-13-19)15(2)3/h5-8,15,17,20-21H,4,9-14H2,1-3H3. The van der Waals surface area contributed by atoms with Crippen LogP contribution in [-0.2, 0) is 22.0 Å². The van der Waals surface area contributed by atoms with Crippen molar-refractivity contribution in [1.82, 2.24) is 4.72 Å². The quantitative estimate of drug-likeness (QED) is 0.791. The molecule has 1 fully saturated rings. The second-order valence-corrected chi connectivity index (χ2v) is 9.45. The van der Waals surface area contributed by atoms with Crippen LogP contribution >= 0.6 is 0 Å². The molecule has 0 aromatic heterocycles. The first-order chi connectivity index (χ1) is 11.3. The van der Waals surface area contributed by atoms with E-state index < -0.39 is 15.6 Å². The molecular formula is C19H31NO3S. The first-order valence-electron chi connectivity index (χ1n) is 9.05. The minimum absolute atomic E-state index is 0.107. The SMILES string of the molecule is CCS(=O)(=O)NCCc1ccc(C2(O)CCC(C(C)C)CC2)cc1. The lowest BCUT2D eigenvalue weighted by Gasteiger charge is -2.38. The Bertz CT molecular complexity index is 615. The Labute approximate surface area is 146 Å². The Hall–Kier alpha value is -0.910. The minimum atomic E-state index is -3.13. The predicted molar refractivity (Wildman–Crippen MR) is 98.3 cm³/mol. The lowest BCUT2D eigenvalue weighted by Crippen LogP contribution is -2.32. The summed E-state index contributed by atoms with van der Waals surface area (Å²) in [6.07, 6.45) is 4.47. The third kappa shape index (κ3) is 5.04. The normalized spacial score (nSPS) is 25.1. The highest BCUT2D eigenvalue weighted by Crippen LogP contribution is 2.41. The Morgan fingerprint density at radius 3 is 2.29 bits per heavy atom. The first kappa shape index (κ1) is 19.4. The average Bonchev–Trinajstić information content (AvgIpc) is 2.55. The van der Waals surface area contributed by atoms with Gasteiger partial charge < -0.3 is 5.11 Å². The van der Waals surface area contributed by atoms with Gasteiger partial charge >= 0.3 is 0 Å². The van der Waals surface area contributed by atoms with Crippen LogP contribution in [-0.4, -0.2) is 25.8 Å². The maximum atomic E-state index is 11.4. The van der Waals surface area contributed by atoms with E-state index >= 15 is 0 Å². The molecule has 136 valence electrons. The van der Waals surface area contributed by atoms with Crippen LogP contribution in [0.15, 0.2) is 24.3 Å². The number of rotatable bonds is 7. The van der Waals surface area contributed by atoms with Crippen LogP contribution in [0.25, 0.3) is 0 Å². The van der Waals surface area contributed by atoms with Gasteiger partial charge in [0.1, 0.15) is 0 Å². The van der Waals surface area contributed by atoms with E-state index in [1.165, 1.54) is 0 Å². The van der Waals surface area contributed by atoms with E-state index in [1.807, 2.05) is 24.3 Å². The summed E-state index contributed by atoms with van der Waals surface area (Å²) in [4.78, 5) is 0. The molecule has 1 aromatic carbocycles. The molecule has 2 N–H and O–H groups in total. The van der Waals surface area contributed by atoms with Gasteiger partial charge in [0.05, 0.1) is 11.4 Å². The Balaban J connectivity index is 1.92. The second-order valence-electron chi connectivity index (χ2n) is 7.36. The number of nitrogens with one attached hydrogen (secondary N) is 1. The zero-order chi connectivity index (χ0) is 17.8. The smallest absolute Gasteiger partial charge is 0.211 e. The Morgan fingerprint density at radius 1 is 1.21 bits per heavy atom. The Morgan fingerprint density at radius 2 is 1.79 bits per heavy atom. The summed E-state index contributed by atoms with van der Waals surface area (Å²) < 4.78 is 25.4. The van der Waals surface area contributed by atoms with Crippen LogP contribution in [0.2, 0.25) is 0 Å². The molecule has 0 amide bonds. The summed E-state index contributed by atoms with van der Waals surface area (Å²) in [5.41, 5.74) is 1.37. The summed E-state index contributed by atoms with van der Waals surface area (Å²) in [5.74, 6) is 1.51. The van der Waals surface area contributed by atoms with Gasteiger partial charge in [-0.05, 0) is 62.0 Å². The zero-order valence-corrected chi connectivity index (χ0v) is 15.9. The van der Waals surface area contributed by atoms with Gasteiger partial charge in [0.2, 0.25) is 10.0 Å². The van der Waals surface area contributed by atoms with Crippen molar-refractivity contribution in [3.05, 3.63) is 35.4 Å². The fourth-order valence-corrected chi connectivity index (χ4v) is 4.12. The molecule has 0 spiro atoms. The topological polar surface area (TPSA) is 66.4 Å². The highest BCUT2D eigenvalue weighted by Gasteiger charge is 2.35. The highest BCUT2D eigenvalue weighted by molar-refractivity contribution is 7.89. The number of hydrogen-bond acceptors (Lipinski definition) is 3. The molecule has 1 saturated carbocycles. The van der Waals surface area contributed by atoms with Crippen molar-refractivity contribution < 1.29 is 13.5 Å². The van der Waals surface area contributed by atoms with Crippen molar-refractivity contribution in [1.29, 1.82) is 0 Å². The van der Waals surface area contributed by atoms with E-state index in [2.05, 4.69) is 18.6 Å². The van der Waals surface area contributed by atoms with Crippen molar-refractivity contribution in [2.24, 2.45) is 11.8 Å². The molecule has 1 aliphatic carbocycles. The van der Waals surface area contributed by atoms with Crippen LogP contribution in [0.3, 0.4) is 0 Å². The summed E-state index contributed by atoms with van der Waals surface area (Å²) >= 11 is 0. The molecule has 0 radical (unpaired) electrons. The first-order valence-corrected chi connectivity index (χ1v) is 10.7. The maximum absolute atomic E-state index is 11.4.